The predicted octanol–water partition coefficient (Wildman–Crippen LogP) is 4.14. The topological polar surface area (TPSA) is 21.3 Å². The molecule has 0 bridgehead atoms. The minimum absolute atomic E-state index is 0.243. The Kier molecular flexibility index (Phi) is 6.36. The highest BCUT2D eigenvalue weighted by Gasteiger charge is 2.17. The van der Waals surface area contributed by atoms with Gasteiger partial charge >= 0.3 is 0 Å². The van der Waals surface area contributed by atoms with E-state index in [4.69, 9.17) is 4.74 Å². The number of ether oxygens (including phenoxy) is 1. The van der Waals surface area contributed by atoms with Gasteiger partial charge in [-0.05, 0) is 42.5 Å². The van der Waals surface area contributed by atoms with Crippen LogP contribution in [0.5, 0.6) is 5.75 Å². The van der Waals surface area contributed by atoms with Crippen LogP contribution in [0.1, 0.15) is 53.0 Å². The molecule has 1 N–H and O–H groups in total. The molecule has 1 aromatic rings. The molecule has 0 saturated carbocycles. The molecule has 1 atom stereocenters. The van der Waals surface area contributed by atoms with Gasteiger partial charge in [-0.25, -0.2) is 0 Å². The highest BCUT2D eigenvalue weighted by molar-refractivity contribution is 5.31. The van der Waals surface area contributed by atoms with E-state index in [-0.39, 0.29) is 11.5 Å². The van der Waals surface area contributed by atoms with Crippen LogP contribution in [0.2, 0.25) is 0 Å². The minimum Gasteiger partial charge on any atom is -0.489 e. The van der Waals surface area contributed by atoms with Crippen molar-refractivity contribution in [1.29, 1.82) is 0 Å². The second-order valence-electron chi connectivity index (χ2n) is 5.72. The van der Waals surface area contributed by atoms with E-state index in [0.717, 1.165) is 31.7 Å². The molecule has 0 aliphatic heterocycles. The summed E-state index contributed by atoms with van der Waals surface area (Å²) >= 11 is 0. The lowest BCUT2D eigenvalue weighted by molar-refractivity contribution is 0.194. The van der Waals surface area contributed by atoms with Gasteiger partial charge in [0.25, 0.3) is 0 Å². The fourth-order valence-corrected chi connectivity index (χ4v) is 1.96. The van der Waals surface area contributed by atoms with E-state index in [0.29, 0.717) is 0 Å². The number of nitrogens with one attached hydrogen (secondary N) is 1. The highest BCUT2D eigenvalue weighted by Crippen LogP contribution is 2.28. The van der Waals surface area contributed by atoms with Crippen molar-refractivity contribution in [2.75, 3.05) is 13.1 Å². The average Bonchev–Trinajstić information content (AvgIpc) is 2.44. The fourth-order valence-electron chi connectivity index (χ4n) is 1.96. The van der Waals surface area contributed by atoms with Crippen LogP contribution in [0.4, 0.5) is 0 Å². The van der Waals surface area contributed by atoms with E-state index >= 15 is 0 Å². The van der Waals surface area contributed by atoms with Crippen molar-refractivity contribution in [3.63, 3.8) is 0 Å². The number of hydrogen-bond donors (Lipinski definition) is 1. The summed E-state index contributed by atoms with van der Waals surface area (Å²) < 4.78 is 6.00. The molecule has 108 valence electrons. The van der Waals surface area contributed by atoms with Crippen LogP contribution >= 0.6 is 0 Å². The summed E-state index contributed by atoms with van der Waals surface area (Å²) in [5, 5.41) is 3.34. The third-order valence-corrected chi connectivity index (χ3v) is 3.90. The monoisotopic (exact) mass is 263 g/mol. The molecule has 0 saturated heterocycles. The van der Waals surface area contributed by atoms with Gasteiger partial charge in [0.15, 0.2) is 0 Å². The van der Waals surface area contributed by atoms with Crippen LogP contribution in [0.3, 0.4) is 0 Å². The van der Waals surface area contributed by atoms with Crippen molar-refractivity contribution in [2.24, 2.45) is 0 Å². The number of rotatable bonds is 8. The van der Waals surface area contributed by atoms with Crippen LogP contribution in [-0.4, -0.2) is 19.2 Å². The second-order valence-corrected chi connectivity index (χ2v) is 5.72. The van der Waals surface area contributed by atoms with Gasteiger partial charge in [0.2, 0.25) is 0 Å². The third kappa shape index (κ3) is 4.87. The molecule has 0 aliphatic rings. The van der Waals surface area contributed by atoms with Crippen molar-refractivity contribution in [3.8, 4) is 5.75 Å². The highest BCUT2D eigenvalue weighted by atomic mass is 16.5. The van der Waals surface area contributed by atoms with Gasteiger partial charge in [0.1, 0.15) is 11.9 Å². The fraction of sp³-hybridized carbons (Fsp3) is 0.647. The van der Waals surface area contributed by atoms with Gasteiger partial charge in [-0.3, -0.25) is 0 Å². The summed E-state index contributed by atoms with van der Waals surface area (Å²) in [5.74, 6) is 0.973. The largest absolute Gasteiger partial charge is 0.489 e. The summed E-state index contributed by atoms with van der Waals surface area (Å²) in [5.41, 5.74) is 1.62. The zero-order valence-electron chi connectivity index (χ0n) is 13.1. The van der Waals surface area contributed by atoms with Gasteiger partial charge in [-0.1, -0.05) is 46.8 Å². The lowest BCUT2D eigenvalue weighted by Gasteiger charge is -2.24. The summed E-state index contributed by atoms with van der Waals surface area (Å²) in [6.07, 6.45) is 2.42. The normalized spacial score (nSPS) is 13.3. The van der Waals surface area contributed by atoms with Crippen LogP contribution in [0.15, 0.2) is 24.3 Å². The first kappa shape index (κ1) is 16.0. The zero-order valence-corrected chi connectivity index (χ0v) is 13.1. The van der Waals surface area contributed by atoms with Crippen molar-refractivity contribution in [2.45, 2.75) is 59.0 Å². The molecule has 0 aromatic heterocycles. The Labute approximate surface area is 118 Å². The Hall–Kier alpha value is -1.02. The zero-order chi connectivity index (χ0) is 14.3. The van der Waals surface area contributed by atoms with Gasteiger partial charge in [0, 0.05) is 6.54 Å². The maximum absolute atomic E-state index is 6.00. The summed E-state index contributed by atoms with van der Waals surface area (Å²) in [4.78, 5) is 0. The molecule has 1 unspecified atom stereocenters. The Morgan fingerprint density at radius 2 is 1.74 bits per heavy atom. The first-order valence-electron chi connectivity index (χ1n) is 7.51. The standard InChI is InChI=1S/C17H29NO/c1-6-15(13-18-8-3)19-16-11-9-14(10-12-16)17(4,5)7-2/h9-12,15,18H,6-8,13H2,1-5H3. The van der Waals surface area contributed by atoms with E-state index in [2.05, 4.69) is 64.2 Å². The molecular formula is C17H29NO. The number of hydrogen-bond acceptors (Lipinski definition) is 2. The number of benzene rings is 1. The van der Waals surface area contributed by atoms with E-state index in [1.54, 1.807) is 0 Å². The molecule has 2 nitrogen and oxygen atoms in total. The summed E-state index contributed by atoms with van der Waals surface area (Å²) in [6, 6.07) is 8.58. The molecule has 0 aliphatic carbocycles. The lowest BCUT2D eigenvalue weighted by atomic mass is 9.82. The quantitative estimate of drug-likeness (QED) is 0.761. The Bertz CT molecular complexity index is 356. The Morgan fingerprint density at radius 3 is 2.21 bits per heavy atom. The minimum atomic E-state index is 0.243. The maximum Gasteiger partial charge on any atom is 0.119 e. The molecule has 19 heavy (non-hydrogen) atoms. The average molecular weight is 263 g/mol. The van der Waals surface area contributed by atoms with Crippen LogP contribution in [-0.2, 0) is 5.41 Å². The van der Waals surface area contributed by atoms with E-state index in [1.165, 1.54) is 5.56 Å². The molecule has 0 spiro atoms. The molecular weight excluding hydrogens is 234 g/mol. The van der Waals surface area contributed by atoms with Crippen LogP contribution in [0.25, 0.3) is 0 Å². The molecule has 0 radical (unpaired) electrons. The number of likely N-dealkylation sites (N-methyl/N-ethyl adjacent to an activating group) is 1. The van der Waals surface area contributed by atoms with Crippen LogP contribution in [0, 0.1) is 0 Å². The SMILES string of the molecule is CCNCC(CC)Oc1ccc(C(C)(C)CC)cc1. The Morgan fingerprint density at radius 1 is 1.11 bits per heavy atom. The van der Waals surface area contributed by atoms with Crippen molar-refractivity contribution in [1.82, 2.24) is 5.32 Å². The summed E-state index contributed by atoms with van der Waals surface area (Å²) in [6.45, 7) is 13.0. The van der Waals surface area contributed by atoms with Gasteiger partial charge in [0.05, 0.1) is 0 Å². The van der Waals surface area contributed by atoms with Gasteiger partial charge in [-0.15, -0.1) is 0 Å². The predicted molar refractivity (Wildman–Crippen MR) is 83.0 cm³/mol. The molecule has 0 heterocycles. The van der Waals surface area contributed by atoms with Crippen molar-refractivity contribution >= 4 is 0 Å². The maximum atomic E-state index is 6.00. The first-order chi connectivity index (χ1) is 9.03. The van der Waals surface area contributed by atoms with Gasteiger partial charge < -0.3 is 10.1 Å². The second kappa shape index (κ2) is 7.54. The Balaban J connectivity index is 2.65. The molecule has 0 fully saturated rings. The van der Waals surface area contributed by atoms with E-state index < -0.39 is 0 Å². The van der Waals surface area contributed by atoms with Crippen molar-refractivity contribution < 1.29 is 4.74 Å². The summed E-state index contributed by atoms with van der Waals surface area (Å²) in [7, 11) is 0. The van der Waals surface area contributed by atoms with E-state index in [1.807, 2.05) is 0 Å². The smallest absolute Gasteiger partial charge is 0.119 e. The third-order valence-electron chi connectivity index (χ3n) is 3.90. The molecule has 2 heteroatoms. The molecule has 0 amide bonds. The van der Waals surface area contributed by atoms with Crippen LogP contribution < -0.4 is 10.1 Å². The molecule has 1 aromatic carbocycles. The van der Waals surface area contributed by atoms with Crippen molar-refractivity contribution in [3.05, 3.63) is 29.8 Å². The van der Waals surface area contributed by atoms with E-state index in [9.17, 15) is 0 Å². The lowest BCUT2D eigenvalue weighted by Crippen LogP contribution is -2.30. The first-order valence-corrected chi connectivity index (χ1v) is 7.51. The molecule has 1 rings (SSSR count). The van der Waals surface area contributed by atoms with Gasteiger partial charge in [-0.2, -0.15) is 0 Å².